The summed E-state index contributed by atoms with van der Waals surface area (Å²) in [6, 6.07) is 17.0. The van der Waals surface area contributed by atoms with Crippen LogP contribution in [0.15, 0.2) is 95.3 Å². The number of aryl methyl sites for hydroxylation is 3. The molecule has 3 aromatic heterocycles. The van der Waals surface area contributed by atoms with Gasteiger partial charge in [-0.15, -0.1) is 11.3 Å². The first-order chi connectivity index (χ1) is 27.3. The molecule has 5 rings (SSSR count). The van der Waals surface area contributed by atoms with Gasteiger partial charge in [-0.25, -0.2) is 15.0 Å². The van der Waals surface area contributed by atoms with Gasteiger partial charge in [0.25, 0.3) is 5.91 Å². The van der Waals surface area contributed by atoms with Crippen molar-refractivity contribution in [1.82, 2.24) is 24.8 Å². The molecule has 2 aromatic carbocycles. The molecule has 0 fully saturated rings. The molecule has 0 aliphatic heterocycles. The van der Waals surface area contributed by atoms with Crippen molar-refractivity contribution in [3.05, 3.63) is 130 Å². The highest BCUT2D eigenvalue weighted by Gasteiger charge is 2.30. The first-order valence-electron chi connectivity index (χ1n) is 19.1. The van der Waals surface area contributed by atoms with Crippen molar-refractivity contribution < 1.29 is 33.5 Å². The van der Waals surface area contributed by atoms with Crippen LogP contribution < -0.4 is 5.32 Å². The third-order valence-electron chi connectivity index (χ3n) is 8.16. The molecular formula is C45H57N5O7S. The van der Waals surface area contributed by atoms with E-state index >= 15 is 0 Å². The Labute approximate surface area is 345 Å². The summed E-state index contributed by atoms with van der Waals surface area (Å²) >= 11 is 1.52. The number of nitrogens with zero attached hydrogens (tertiary/aromatic N) is 4. The number of ketones is 4. The lowest BCUT2D eigenvalue weighted by atomic mass is 9.93. The first kappa shape index (κ1) is 48.5. The number of amides is 1. The zero-order valence-corrected chi connectivity index (χ0v) is 36.1. The van der Waals surface area contributed by atoms with Crippen LogP contribution in [0, 0.1) is 37.5 Å². The van der Waals surface area contributed by atoms with E-state index in [-0.39, 0.29) is 52.7 Å². The number of carbonyl (C=O) groups is 5. The molecule has 0 bridgehead atoms. The average molecular weight is 812 g/mol. The molecule has 2 atom stereocenters. The molecule has 3 heterocycles. The lowest BCUT2D eigenvalue weighted by Gasteiger charge is -2.25. The van der Waals surface area contributed by atoms with Gasteiger partial charge in [0.1, 0.15) is 23.8 Å². The van der Waals surface area contributed by atoms with Crippen LogP contribution in [0.25, 0.3) is 6.08 Å². The van der Waals surface area contributed by atoms with E-state index in [4.69, 9.17) is 4.42 Å². The highest BCUT2D eigenvalue weighted by Crippen LogP contribution is 2.21. The second-order valence-corrected chi connectivity index (χ2v) is 15.7. The van der Waals surface area contributed by atoms with Crippen molar-refractivity contribution in [3.63, 3.8) is 0 Å². The van der Waals surface area contributed by atoms with Gasteiger partial charge in [0, 0.05) is 54.8 Å². The summed E-state index contributed by atoms with van der Waals surface area (Å²) in [5, 5.41) is 16.0. The molecule has 0 saturated carbocycles. The van der Waals surface area contributed by atoms with Crippen LogP contribution in [0.2, 0.25) is 0 Å². The third-order valence-corrected chi connectivity index (χ3v) is 8.93. The monoisotopic (exact) mass is 811 g/mol. The molecule has 5 aromatic rings. The lowest BCUT2D eigenvalue weighted by Crippen LogP contribution is -2.41. The van der Waals surface area contributed by atoms with E-state index in [1.807, 2.05) is 95.9 Å². The van der Waals surface area contributed by atoms with E-state index < -0.39 is 12.1 Å². The zero-order chi connectivity index (χ0) is 43.5. The second kappa shape index (κ2) is 24.2. The van der Waals surface area contributed by atoms with E-state index in [1.165, 1.54) is 17.6 Å². The SMILES string of the molecule is CC(C)C(=O)/C=C/c1cn(C)cn1.CC(C)C(=O)C(O)C(NC(=O)c1ccccc1)c1ccccc1.Cc1nc(C(=O)C(C)C)co1.Cc1nc(C(=O)C(C)C)cs1. The number of imidazole rings is 1. The number of benzene rings is 2. The smallest absolute Gasteiger partial charge is 0.251 e. The van der Waals surface area contributed by atoms with E-state index in [1.54, 1.807) is 75.6 Å². The van der Waals surface area contributed by atoms with Crippen LogP contribution in [0.3, 0.4) is 0 Å². The molecule has 12 nitrogen and oxygen atoms in total. The molecule has 0 aliphatic rings. The number of allylic oxidation sites excluding steroid dienone is 1. The fourth-order valence-corrected chi connectivity index (χ4v) is 5.35. The van der Waals surface area contributed by atoms with Crippen molar-refractivity contribution in [1.29, 1.82) is 0 Å². The Hall–Kier alpha value is -5.66. The Kier molecular flexibility index (Phi) is 20.2. The molecule has 2 N–H and O–H groups in total. The summed E-state index contributed by atoms with van der Waals surface area (Å²) in [6.07, 6.45) is 7.00. The average Bonchev–Trinajstić information content (AvgIpc) is 3.96. The predicted octanol–water partition coefficient (Wildman–Crippen LogP) is 8.51. The Morgan fingerprint density at radius 1 is 0.776 bits per heavy atom. The zero-order valence-electron chi connectivity index (χ0n) is 35.3. The number of Topliss-reactive ketones (excluding diaryl/α,β-unsaturated/α-hetero) is 3. The van der Waals surface area contributed by atoms with Gasteiger partial charge >= 0.3 is 0 Å². The van der Waals surface area contributed by atoms with Crippen molar-refractivity contribution in [3.8, 4) is 0 Å². The maximum Gasteiger partial charge on any atom is 0.251 e. The van der Waals surface area contributed by atoms with E-state index in [0.29, 0.717) is 28.4 Å². The number of aromatic nitrogens is 4. The number of hydrogen-bond acceptors (Lipinski definition) is 11. The van der Waals surface area contributed by atoms with E-state index in [9.17, 15) is 29.1 Å². The molecule has 0 radical (unpaired) electrons. The fraction of sp³-hybridized carbons (Fsp3) is 0.378. The van der Waals surface area contributed by atoms with E-state index in [0.717, 1.165) is 10.7 Å². The van der Waals surface area contributed by atoms with Gasteiger partial charge in [0.2, 0.25) is 0 Å². The number of thiazole rings is 1. The highest BCUT2D eigenvalue weighted by atomic mass is 32.1. The second-order valence-electron chi connectivity index (χ2n) is 14.6. The summed E-state index contributed by atoms with van der Waals surface area (Å²) < 4.78 is 6.75. The molecule has 2 unspecified atom stereocenters. The standard InChI is InChI=1S/C19H21NO3.C10H14N2O.C8H11NO2.C8H11NOS/c1-13(2)17(21)18(22)16(14-9-5-3-6-10-14)20-19(23)15-11-7-4-8-12-15;1-8(2)10(13)5-4-9-6-12(3)7-11-9;2*1-5(2)8(10)7-4-11-6(3)9-7/h3-13,16,18,22H,1-2H3,(H,20,23);4-8H,1-3H3;2*4-5H,1-3H3/b;5-4+;;. The number of aliphatic hydroxyl groups excluding tert-OH is 1. The summed E-state index contributed by atoms with van der Waals surface area (Å²) in [5.74, 6) is -0.0149. The van der Waals surface area contributed by atoms with Crippen molar-refractivity contribution in [2.24, 2.45) is 30.7 Å². The maximum absolute atomic E-state index is 12.4. The molecule has 13 heteroatoms. The molecule has 1 amide bonds. The maximum atomic E-state index is 12.4. The Morgan fingerprint density at radius 3 is 1.79 bits per heavy atom. The Bertz CT molecular complexity index is 2020. The van der Waals surface area contributed by atoms with Gasteiger partial charge in [-0.05, 0) is 36.8 Å². The van der Waals surface area contributed by atoms with Crippen molar-refractivity contribution in [2.45, 2.75) is 81.4 Å². The Balaban J connectivity index is 0.000000284. The summed E-state index contributed by atoms with van der Waals surface area (Å²) in [4.78, 5) is 70.4. The summed E-state index contributed by atoms with van der Waals surface area (Å²) in [6.45, 7) is 18.3. The number of hydrogen-bond donors (Lipinski definition) is 2. The topological polar surface area (TPSA) is 174 Å². The fourth-order valence-electron chi connectivity index (χ4n) is 4.75. The largest absolute Gasteiger partial charge is 0.449 e. The molecule has 0 spiro atoms. The predicted molar refractivity (Wildman–Crippen MR) is 227 cm³/mol. The minimum absolute atomic E-state index is 0.0144. The van der Waals surface area contributed by atoms with Gasteiger partial charge in [0.15, 0.2) is 29.0 Å². The third kappa shape index (κ3) is 16.4. The number of oxazole rings is 1. The van der Waals surface area contributed by atoms with Crippen LogP contribution in [0.5, 0.6) is 0 Å². The van der Waals surface area contributed by atoms with Gasteiger partial charge in [0.05, 0.1) is 23.1 Å². The molecule has 310 valence electrons. The van der Waals surface area contributed by atoms with Gasteiger partial charge < -0.3 is 19.4 Å². The van der Waals surface area contributed by atoms with Crippen LogP contribution in [0.1, 0.15) is 115 Å². The van der Waals surface area contributed by atoms with E-state index in [2.05, 4.69) is 20.3 Å². The van der Waals surface area contributed by atoms with Crippen LogP contribution >= 0.6 is 11.3 Å². The van der Waals surface area contributed by atoms with Crippen LogP contribution in [-0.4, -0.2) is 59.8 Å². The van der Waals surface area contributed by atoms with Gasteiger partial charge in [-0.3, -0.25) is 24.0 Å². The first-order valence-corrected chi connectivity index (χ1v) is 19.9. The minimum atomic E-state index is -1.29. The number of carbonyl (C=O) groups excluding carboxylic acids is 5. The lowest BCUT2D eigenvalue weighted by molar-refractivity contribution is -0.131. The van der Waals surface area contributed by atoms with Gasteiger partial charge in [-0.1, -0.05) is 104 Å². The quantitative estimate of drug-likeness (QED) is 0.0867. The van der Waals surface area contributed by atoms with Crippen molar-refractivity contribution in [2.75, 3.05) is 0 Å². The summed E-state index contributed by atoms with van der Waals surface area (Å²) in [7, 11) is 1.90. The molecule has 0 saturated heterocycles. The van der Waals surface area contributed by atoms with Crippen molar-refractivity contribution >= 4 is 46.5 Å². The van der Waals surface area contributed by atoms with Crippen LogP contribution in [-0.2, 0) is 16.6 Å². The Morgan fingerprint density at radius 2 is 1.34 bits per heavy atom. The normalized spacial score (nSPS) is 11.9. The van der Waals surface area contributed by atoms with Crippen LogP contribution in [0.4, 0.5) is 0 Å². The number of aliphatic hydroxyl groups is 1. The number of rotatable bonds is 13. The summed E-state index contributed by atoms with van der Waals surface area (Å²) in [5.41, 5.74) is 3.03. The highest BCUT2D eigenvalue weighted by molar-refractivity contribution is 7.09. The molecular weight excluding hydrogens is 755 g/mol. The molecule has 0 aliphatic carbocycles. The minimum Gasteiger partial charge on any atom is -0.449 e. The number of nitrogens with one attached hydrogen (secondary N) is 1. The van der Waals surface area contributed by atoms with Gasteiger partial charge in [-0.2, -0.15) is 0 Å². The molecule has 58 heavy (non-hydrogen) atoms.